The van der Waals surface area contributed by atoms with Gasteiger partial charge in [-0.15, -0.1) is 11.3 Å². The molecule has 0 N–H and O–H groups in total. The van der Waals surface area contributed by atoms with Gasteiger partial charge in [0.15, 0.2) is 17.3 Å². The third kappa shape index (κ3) is 5.07. The van der Waals surface area contributed by atoms with Crippen molar-refractivity contribution in [3.63, 3.8) is 0 Å². The maximum Gasteiger partial charge on any atom is 0.269 e. The third-order valence-corrected chi connectivity index (χ3v) is 6.28. The van der Waals surface area contributed by atoms with Crippen LogP contribution in [0.25, 0.3) is 12.2 Å². The predicted octanol–water partition coefficient (Wildman–Crippen LogP) is 2.83. The number of Topliss-reactive ketones (excluding diaryl/α,β-unsaturated/α-hetero) is 1. The number of aromatic nitrogens is 1. The zero-order chi connectivity index (χ0) is 23.6. The van der Waals surface area contributed by atoms with Gasteiger partial charge in [0.2, 0.25) is 0 Å². The average Bonchev–Trinajstić information content (AvgIpc) is 3.07. The van der Waals surface area contributed by atoms with Gasteiger partial charge in [-0.2, -0.15) is 5.26 Å². The minimum atomic E-state index is -0.557. The average molecular weight is 461 g/mol. The summed E-state index contributed by atoms with van der Waals surface area (Å²) in [6.45, 7) is 6.86. The Bertz CT molecular complexity index is 1420. The van der Waals surface area contributed by atoms with Crippen LogP contribution in [0.15, 0.2) is 47.3 Å². The first-order valence-corrected chi connectivity index (χ1v) is 11.4. The molecular formula is C26H24N2O4S. The van der Waals surface area contributed by atoms with Crippen LogP contribution in [0.1, 0.15) is 37.5 Å². The van der Waals surface area contributed by atoms with Crippen LogP contribution in [-0.2, 0) is 11.3 Å². The molecule has 1 aliphatic rings. The molecule has 0 aliphatic carbocycles. The van der Waals surface area contributed by atoms with Gasteiger partial charge in [0.25, 0.3) is 5.56 Å². The number of ether oxygens (including phenoxy) is 2. The summed E-state index contributed by atoms with van der Waals surface area (Å²) in [6, 6.07) is 14.7. The molecule has 0 fully saturated rings. The first kappa shape index (κ1) is 22.6. The van der Waals surface area contributed by atoms with Gasteiger partial charge in [0.1, 0.15) is 17.9 Å². The summed E-state index contributed by atoms with van der Waals surface area (Å²) >= 11 is 1.28. The van der Waals surface area contributed by atoms with Crippen LogP contribution in [0.3, 0.4) is 0 Å². The molecule has 0 saturated heterocycles. The number of hydrogen-bond donors (Lipinski definition) is 0. The molecule has 3 aromatic rings. The normalized spacial score (nSPS) is 14.2. The van der Waals surface area contributed by atoms with Crippen LogP contribution in [0.4, 0.5) is 0 Å². The minimum absolute atomic E-state index is 0.0526. The van der Waals surface area contributed by atoms with Gasteiger partial charge in [-0.3, -0.25) is 14.2 Å². The number of benzene rings is 2. The van der Waals surface area contributed by atoms with Gasteiger partial charge in [0.05, 0.1) is 22.7 Å². The number of rotatable bonds is 4. The Morgan fingerprint density at radius 1 is 1.12 bits per heavy atom. The fourth-order valence-electron chi connectivity index (χ4n) is 3.29. The van der Waals surface area contributed by atoms with E-state index in [2.05, 4.69) is 6.07 Å². The van der Waals surface area contributed by atoms with Crippen molar-refractivity contribution in [2.75, 3.05) is 13.2 Å². The topological polar surface area (TPSA) is 81.3 Å². The fraction of sp³-hybridized carbons (Fsp3) is 0.269. The number of thiazole rings is 1. The van der Waals surface area contributed by atoms with Crippen LogP contribution in [0.5, 0.6) is 11.5 Å². The van der Waals surface area contributed by atoms with E-state index in [1.165, 1.54) is 11.3 Å². The van der Waals surface area contributed by atoms with Gasteiger partial charge in [-0.1, -0.05) is 39.0 Å². The second kappa shape index (κ2) is 9.08. The van der Waals surface area contributed by atoms with Crippen LogP contribution < -0.4 is 24.2 Å². The summed E-state index contributed by atoms with van der Waals surface area (Å²) in [6.07, 6.45) is 3.36. The Labute approximate surface area is 195 Å². The van der Waals surface area contributed by atoms with Crippen molar-refractivity contribution < 1.29 is 14.3 Å². The molecule has 2 aromatic carbocycles. The maximum absolute atomic E-state index is 13.3. The third-order valence-electron chi connectivity index (χ3n) is 5.22. The molecule has 0 saturated carbocycles. The molecule has 0 unspecified atom stereocenters. The standard InChI is InChI=1S/C26H24N2O4S/c1-26(2,3)23(29)14-24-28(16-18-6-4-17(15-27)5-7-18)25(30)22(33-24)13-19-8-9-20-21(12-19)32-11-10-31-20/h4-9,12-14H,10-11,16H2,1-3H3. The van der Waals surface area contributed by atoms with Gasteiger partial charge >= 0.3 is 0 Å². The van der Waals surface area contributed by atoms with Crippen molar-refractivity contribution in [1.82, 2.24) is 4.57 Å². The molecule has 1 aromatic heterocycles. The molecule has 0 radical (unpaired) electrons. The van der Waals surface area contributed by atoms with Gasteiger partial charge < -0.3 is 9.47 Å². The fourth-order valence-corrected chi connectivity index (χ4v) is 4.33. The summed E-state index contributed by atoms with van der Waals surface area (Å²) in [5.41, 5.74) is 1.51. The van der Waals surface area contributed by atoms with Gasteiger partial charge in [-0.05, 0) is 41.5 Å². The zero-order valence-electron chi connectivity index (χ0n) is 18.8. The maximum atomic E-state index is 13.3. The van der Waals surface area contributed by atoms with Crippen molar-refractivity contribution in [1.29, 1.82) is 5.26 Å². The molecule has 0 bridgehead atoms. The lowest BCUT2D eigenvalue weighted by molar-refractivity contribution is -0.120. The van der Waals surface area contributed by atoms with E-state index in [0.29, 0.717) is 46.0 Å². The van der Waals surface area contributed by atoms with Crippen molar-refractivity contribution >= 4 is 29.3 Å². The number of carbonyl (C=O) groups excluding carboxylic acids is 1. The van der Waals surface area contributed by atoms with Crippen LogP contribution in [-0.4, -0.2) is 23.6 Å². The summed E-state index contributed by atoms with van der Waals surface area (Å²) < 4.78 is 13.9. The van der Waals surface area contributed by atoms with Crippen molar-refractivity contribution in [3.8, 4) is 17.6 Å². The van der Waals surface area contributed by atoms with E-state index < -0.39 is 5.41 Å². The molecule has 33 heavy (non-hydrogen) atoms. The van der Waals surface area contributed by atoms with Crippen molar-refractivity contribution in [3.05, 3.63) is 78.7 Å². The van der Waals surface area contributed by atoms with E-state index in [0.717, 1.165) is 11.1 Å². The predicted molar refractivity (Wildman–Crippen MR) is 128 cm³/mol. The highest BCUT2D eigenvalue weighted by atomic mass is 32.1. The monoisotopic (exact) mass is 460 g/mol. The molecule has 168 valence electrons. The molecule has 4 rings (SSSR count). The SMILES string of the molecule is CC(C)(C)C(=O)C=c1sc(=Cc2ccc3c(c2)OCCO3)c(=O)n1Cc1ccc(C#N)cc1. The highest BCUT2D eigenvalue weighted by Crippen LogP contribution is 2.30. The lowest BCUT2D eigenvalue weighted by atomic mass is 9.91. The van der Waals surface area contributed by atoms with E-state index in [9.17, 15) is 9.59 Å². The number of hydrogen-bond acceptors (Lipinski definition) is 6. The minimum Gasteiger partial charge on any atom is -0.486 e. The lowest BCUT2D eigenvalue weighted by Crippen LogP contribution is -2.32. The molecule has 7 heteroatoms. The van der Waals surface area contributed by atoms with Crippen molar-refractivity contribution in [2.45, 2.75) is 27.3 Å². The number of nitriles is 1. The summed E-state index contributed by atoms with van der Waals surface area (Å²) in [7, 11) is 0. The van der Waals surface area contributed by atoms with Gasteiger partial charge in [-0.25, -0.2) is 0 Å². The van der Waals surface area contributed by atoms with E-state index in [4.69, 9.17) is 14.7 Å². The van der Waals surface area contributed by atoms with Crippen LogP contribution in [0.2, 0.25) is 0 Å². The van der Waals surface area contributed by atoms with E-state index in [-0.39, 0.29) is 11.3 Å². The number of ketones is 1. The van der Waals surface area contributed by atoms with Crippen LogP contribution >= 0.6 is 11.3 Å². The summed E-state index contributed by atoms with van der Waals surface area (Å²) in [4.78, 5) is 26.1. The number of carbonyl (C=O) groups is 1. The van der Waals surface area contributed by atoms with E-state index in [1.807, 2.05) is 51.1 Å². The first-order chi connectivity index (χ1) is 15.7. The Kier molecular flexibility index (Phi) is 6.21. The molecule has 0 atom stereocenters. The molecule has 6 nitrogen and oxygen atoms in total. The Hall–Kier alpha value is -3.63. The zero-order valence-corrected chi connectivity index (χ0v) is 19.6. The van der Waals surface area contributed by atoms with E-state index >= 15 is 0 Å². The molecule has 0 amide bonds. The Morgan fingerprint density at radius 3 is 2.48 bits per heavy atom. The molecule has 1 aliphatic heterocycles. The number of nitrogens with zero attached hydrogens (tertiary/aromatic N) is 2. The molecular weight excluding hydrogens is 436 g/mol. The summed E-state index contributed by atoms with van der Waals surface area (Å²) in [5.74, 6) is 1.29. The highest BCUT2D eigenvalue weighted by molar-refractivity contribution is 7.07. The largest absolute Gasteiger partial charge is 0.486 e. The highest BCUT2D eigenvalue weighted by Gasteiger charge is 2.19. The number of fused-ring (bicyclic) bond motifs is 1. The Morgan fingerprint density at radius 2 is 1.82 bits per heavy atom. The lowest BCUT2D eigenvalue weighted by Gasteiger charge is -2.18. The first-order valence-electron chi connectivity index (χ1n) is 10.6. The van der Waals surface area contributed by atoms with Gasteiger partial charge in [0, 0.05) is 11.5 Å². The Balaban J connectivity index is 1.82. The second-order valence-corrected chi connectivity index (χ2v) is 9.87. The quantitative estimate of drug-likeness (QED) is 0.598. The summed E-state index contributed by atoms with van der Waals surface area (Å²) in [5, 5.41) is 9.03. The van der Waals surface area contributed by atoms with Crippen molar-refractivity contribution in [2.24, 2.45) is 5.41 Å². The molecule has 2 heterocycles. The second-order valence-electron chi connectivity index (χ2n) is 8.81. The smallest absolute Gasteiger partial charge is 0.269 e. The van der Waals surface area contributed by atoms with E-state index in [1.54, 1.807) is 28.9 Å². The molecule has 0 spiro atoms. The van der Waals surface area contributed by atoms with Crippen LogP contribution in [0, 0.1) is 16.7 Å².